The molecule has 112 valence electrons. The van der Waals surface area contributed by atoms with E-state index in [-0.39, 0.29) is 12.4 Å². The normalized spacial score (nSPS) is 15.0. The van der Waals surface area contributed by atoms with Crippen LogP contribution >= 0.6 is 0 Å². The monoisotopic (exact) mass is 283 g/mol. The van der Waals surface area contributed by atoms with Crippen LogP contribution in [0.2, 0.25) is 0 Å². The van der Waals surface area contributed by atoms with Crippen molar-refractivity contribution < 1.29 is 32.5 Å². The third-order valence-corrected chi connectivity index (χ3v) is 3.26. The number of rotatable bonds is 10. The predicted molar refractivity (Wildman–Crippen MR) is 68.3 cm³/mol. The Morgan fingerprint density at radius 2 is 1.33 bits per heavy atom. The van der Waals surface area contributed by atoms with Crippen LogP contribution in [0.3, 0.4) is 0 Å². The van der Waals surface area contributed by atoms with Crippen molar-refractivity contribution in [1.82, 2.24) is 0 Å². The van der Waals surface area contributed by atoms with Gasteiger partial charge < -0.3 is 22.6 Å². The van der Waals surface area contributed by atoms with Crippen molar-refractivity contribution in [2.24, 2.45) is 0 Å². The second-order valence-corrected chi connectivity index (χ2v) is 5.11. The minimum Gasteiger partial charge on any atom is -1.00 e. The number of nitrogens with zero attached hydrogens (tertiary/aromatic N) is 1. The molecule has 0 radical (unpaired) electrons. The van der Waals surface area contributed by atoms with Crippen molar-refractivity contribution in [3.05, 3.63) is 0 Å². The van der Waals surface area contributed by atoms with Gasteiger partial charge in [-0.3, -0.25) is 0 Å². The van der Waals surface area contributed by atoms with Gasteiger partial charge in [-0.05, 0) is 19.3 Å². The summed E-state index contributed by atoms with van der Waals surface area (Å²) in [6.45, 7) is 6.14. The number of hydrogen-bond acceptors (Lipinski definition) is 3. The molecule has 0 aliphatic rings. The van der Waals surface area contributed by atoms with Gasteiger partial charge in [-0.2, -0.15) is 0 Å². The molecule has 4 nitrogen and oxygen atoms in total. The van der Waals surface area contributed by atoms with Crippen molar-refractivity contribution in [2.45, 2.75) is 71.6 Å². The first-order valence-electron chi connectivity index (χ1n) is 6.92. The summed E-state index contributed by atoms with van der Waals surface area (Å²) >= 11 is 0. The number of unbranched alkanes of at least 4 members (excludes halogenated alkanes) is 5. The van der Waals surface area contributed by atoms with Crippen LogP contribution in [-0.4, -0.2) is 39.1 Å². The molecule has 1 unspecified atom stereocenters. The third-order valence-electron chi connectivity index (χ3n) is 3.26. The van der Waals surface area contributed by atoms with Gasteiger partial charge in [0.1, 0.15) is 13.1 Å². The van der Waals surface area contributed by atoms with Crippen LogP contribution in [0.5, 0.6) is 0 Å². The maximum absolute atomic E-state index is 10.2. The Hall–Kier alpha value is 0.130. The average Bonchev–Trinajstić information content (AvgIpc) is 2.22. The molecule has 0 spiro atoms. The molecule has 3 N–H and O–H groups in total. The summed E-state index contributed by atoms with van der Waals surface area (Å²) in [4.78, 5) is 0. The highest BCUT2D eigenvalue weighted by Gasteiger charge is 2.43. The van der Waals surface area contributed by atoms with Crippen molar-refractivity contribution in [3.8, 4) is 0 Å². The molecule has 0 fully saturated rings. The molecule has 1 atom stereocenters. The Balaban J connectivity index is 0. The Bertz CT molecular complexity index is 197. The molecular formula is C13H30ClNO3. The van der Waals surface area contributed by atoms with E-state index in [9.17, 15) is 15.4 Å². The Kier molecular flexibility index (Phi) is 11.3. The molecule has 18 heavy (non-hydrogen) atoms. The Morgan fingerprint density at radius 3 is 1.78 bits per heavy atom. The third kappa shape index (κ3) is 7.54. The van der Waals surface area contributed by atoms with Gasteiger partial charge in [-0.1, -0.05) is 39.5 Å². The van der Waals surface area contributed by atoms with Crippen molar-refractivity contribution in [1.29, 1.82) is 0 Å². The molecule has 0 saturated heterocycles. The molecule has 0 aromatic rings. The number of quaternary nitrogens is 1. The lowest BCUT2D eigenvalue weighted by Crippen LogP contribution is -3.00. The number of aliphatic hydroxyl groups is 2. The predicted octanol–water partition coefficient (Wildman–Crippen LogP) is -0.375. The average molecular weight is 284 g/mol. The Morgan fingerprint density at radius 1 is 0.833 bits per heavy atom. The maximum atomic E-state index is 10.2. The quantitative estimate of drug-likeness (QED) is 0.222. The first kappa shape index (κ1) is 20.4. The van der Waals surface area contributed by atoms with Crippen LogP contribution in [0.25, 0.3) is 0 Å². The topological polar surface area (TPSA) is 60.7 Å². The fourth-order valence-electron chi connectivity index (χ4n) is 2.06. The molecule has 0 aliphatic carbocycles. The van der Waals surface area contributed by atoms with E-state index in [4.69, 9.17) is 0 Å². The number of hydrogen-bond donors (Lipinski definition) is 3. The molecule has 0 rings (SSSR count). The van der Waals surface area contributed by atoms with Crippen LogP contribution in [0.1, 0.15) is 65.7 Å². The highest BCUT2D eigenvalue weighted by atomic mass is 35.5. The SMILES string of the molecule is CCCCCCCC[N+](O)(CCC)C(C)(O)O.[Cl-]. The summed E-state index contributed by atoms with van der Waals surface area (Å²) in [5, 5.41) is 29.4. The second kappa shape index (κ2) is 9.98. The molecule has 5 heteroatoms. The number of halogens is 1. The van der Waals surface area contributed by atoms with Gasteiger partial charge in [-0.15, -0.1) is 4.65 Å². The molecular weight excluding hydrogens is 254 g/mol. The highest BCUT2D eigenvalue weighted by molar-refractivity contribution is 4.47. The molecule has 0 aliphatic heterocycles. The maximum Gasteiger partial charge on any atom is 0.341 e. The molecule has 0 saturated carbocycles. The zero-order valence-electron chi connectivity index (χ0n) is 12.0. The van der Waals surface area contributed by atoms with E-state index < -0.39 is 10.6 Å². The van der Waals surface area contributed by atoms with E-state index in [0.717, 1.165) is 25.7 Å². The van der Waals surface area contributed by atoms with Crippen LogP contribution in [0.15, 0.2) is 0 Å². The Labute approximate surface area is 118 Å². The standard InChI is InChI=1S/C13H30NO3.ClH/c1-4-6-7-8-9-10-12-14(17,11-5-2)13(3,15)16;/h15-17H,4-12H2,1-3H3;1H/q+1;/p-1. The molecule has 0 aromatic heterocycles. The summed E-state index contributed by atoms with van der Waals surface area (Å²) < 4.78 is -0.655. The minimum atomic E-state index is -2.06. The van der Waals surface area contributed by atoms with Crippen LogP contribution in [0, 0.1) is 0 Å². The van der Waals surface area contributed by atoms with Crippen molar-refractivity contribution >= 4 is 0 Å². The first-order chi connectivity index (χ1) is 7.87. The zero-order valence-corrected chi connectivity index (χ0v) is 12.8. The summed E-state index contributed by atoms with van der Waals surface area (Å²) in [6, 6.07) is 0. The number of hydroxylamine groups is 3. The summed E-state index contributed by atoms with van der Waals surface area (Å²) in [5.74, 6) is -2.06. The molecule has 0 heterocycles. The smallest absolute Gasteiger partial charge is 0.341 e. The largest absolute Gasteiger partial charge is 1.00 e. The van der Waals surface area contributed by atoms with E-state index in [2.05, 4.69) is 6.92 Å². The van der Waals surface area contributed by atoms with Crippen molar-refractivity contribution in [2.75, 3.05) is 13.1 Å². The second-order valence-electron chi connectivity index (χ2n) is 5.11. The van der Waals surface area contributed by atoms with E-state index in [1.54, 1.807) is 0 Å². The van der Waals surface area contributed by atoms with Gasteiger partial charge in [-0.25, -0.2) is 5.21 Å². The first-order valence-corrected chi connectivity index (χ1v) is 6.92. The van der Waals surface area contributed by atoms with Crippen LogP contribution in [0.4, 0.5) is 0 Å². The van der Waals surface area contributed by atoms with E-state index in [1.807, 2.05) is 6.92 Å². The highest BCUT2D eigenvalue weighted by Crippen LogP contribution is 2.19. The molecule has 0 amide bonds. The minimum absolute atomic E-state index is 0. The van der Waals surface area contributed by atoms with Gasteiger partial charge in [0.05, 0.1) is 6.92 Å². The van der Waals surface area contributed by atoms with Gasteiger partial charge in [0.15, 0.2) is 0 Å². The van der Waals surface area contributed by atoms with Gasteiger partial charge in [0.2, 0.25) is 0 Å². The van der Waals surface area contributed by atoms with Crippen LogP contribution in [-0.2, 0) is 0 Å². The lowest BCUT2D eigenvalue weighted by molar-refractivity contribution is -1.17. The zero-order chi connectivity index (χ0) is 13.4. The van der Waals surface area contributed by atoms with Gasteiger partial charge in [0.25, 0.3) is 0 Å². The van der Waals surface area contributed by atoms with Gasteiger partial charge >= 0.3 is 5.91 Å². The van der Waals surface area contributed by atoms with E-state index in [1.165, 1.54) is 26.2 Å². The van der Waals surface area contributed by atoms with Crippen LogP contribution < -0.4 is 12.4 Å². The fourth-order valence-corrected chi connectivity index (χ4v) is 2.06. The summed E-state index contributed by atoms with van der Waals surface area (Å²) in [6.07, 6.45) is 7.46. The lowest BCUT2D eigenvalue weighted by Gasteiger charge is -2.37. The summed E-state index contributed by atoms with van der Waals surface area (Å²) in [7, 11) is 0. The van der Waals surface area contributed by atoms with E-state index >= 15 is 0 Å². The lowest BCUT2D eigenvalue weighted by atomic mass is 10.1. The van der Waals surface area contributed by atoms with Gasteiger partial charge in [0, 0.05) is 0 Å². The van der Waals surface area contributed by atoms with E-state index in [0.29, 0.717) is 13.1 Å². The molecule has 0 aromatic carbocycles. The fraction of sp³-hybridized carbons (Fsp3) is 1.00. The molecule has 0 bridgehead atoms. The van der Waals surface area contributed by atoms with Crippen molar-refractivity contribution in [3.63, 3.8) is 0 Å². The summed E-state index contributed by atoms with van der Waals surface area (Å²) in [5.41, 5.74) is 0.